The zero-order valence-electron chi connectivity index (χ0n) is 17.7. The number of carbonyl (C=O) groups excluding carboxylic acids is 2. The molecule has 9 nitrogen and oxygen atoms in total. The molecule has 10 heteroatoms. The molecule has 2 atom stereocenters. The summed E-state index contributed by atoms with van der Waals surface area (Å²) in [6.45, 7) is 0.218. The molecule has 0 fully saturated rings. The Bertz CT molecular complexity index is 1230. The van der Waals surface area contributed by atoms with E-state index < -0.39 is 48.4 Å². The smallest absolute Gasteiger partial charge is 0.305 e. The number of carbonyl (C=O) groups is 3. The monoisotopic (exact) mass is 455 g/mol. The van der Waals surface area contributed by atoms with Crippen LogP contribution in [0.3, 0.4) is 0 Å². The molecule has 0 aliphatic carbocycles. The second-order valence-corrected chi connectivity index (χ2v) is 7.23. The highest BCUT2D eigenvalue weighted by molar-refractivity contribution is 5.93. The lowest BCUT2D eigenvalue weighted by Gasteiger charge is -2.21. The summed E-state index contributed by atoms with van der Waals surface area (Å²) in [5, 5.41) is 11.4. The van der Waals surface area contributed by atoms with Crippen LogP contribution in [-0.2, 0) is 14.4 Å². The van der Waals surface area contributed by atoms with E-state index in [4.69, 9.17) is 9.84 Å². The first-order valence-electron chi connectivity index (χ1n) is 10.2. The van der Waals surface area contributed by atoms with Gasteiger partial charge in [-0.05, 0) is 36.8 Å². The number of carboxylic acid groups (broad SMARTS) is 1. The first kappa shape index (κ1) is 23.6. The maximum absolute atomic E-state index is 13.2. The van der Waals surface area contributed by atoms with Gasteiger partial charge in [0.15, 0.2) is 5.78 Å². The Kier molecular flexibility index (Phi) is 7.50. The predicted octanol–water partition coefficient (Wildman–Crippen LogP) is 2.64. The molecule has 0 spiro atoms. The Morgan fingerprint density at radius 2 is 1.88 bits per heavy atom. The number of rotatable bonds is 10. The minimum atomic E-state index is -1.54. The van der Waals surface area contributed by atoms with Crippen molar-refractivity contribution in [2.75, 3.05) is 6.67 Å². The van der Waals surface area contributed by atoms with Crippen LogP contribution in [0.4, 0.5) is 4.39 Å². The summed E-state index contributed by atoms with van der Waals surface area (Å²) < 4.78 is 19.7. The summed E-state index contributed by atoms with van der Waals surface area (Å²) in [6.07, 6.45) is 0.581. The predicted molar refractivity (Wildman–Crippen MR) is 117 cm³/mol. The topological polar surface area (TPSA) is 128 Å². The van der Waals surface area contributed by atoms with Crippen LogP contribution in [0.25, 0.3) is 10.9 Å². The quantitative estimate of drug-likeness (QED) is 0.481. The van der Waals surface area contributed by atoms with Crippen molar-refractivity contribution in [2.24, 2.45) is 0 Å². The molecule has 0 radical (unpaired) electrons. The Morgan fingerprint density at radius 3 is 2.52 bits per heavy atom. The lowest BCUT2D eigenvalue weighted by atomic mass is 10.1. The maximum atomic E-state index is 13.2. The number of carboxylic acids is 1. The minimum absolute atomic E-state index is 0.142. The second kappa shape index (κ2) is 10.5. The molecule has 33 heavy (non-hydrogen) atoms. The lowest BCUT2D eigenvalue weighted by molar-refractivity contribution is -0.140. The zero-order valence-corrected chi connectivity index (χ0v) is 17.7. The Balaban J connectivity index is 1.92. The number of alkyl halides is 1. The molecule has 1 amide bonds. The number of nitrogens with one attached hydrogen (secondary N) is 1. The molecule has 3 aromatic rings. The van der Waals surface area contributed by atoms with Crippen molar-refractivity contribution in [3.8, 4) is 11.5 Å². The highest BCUT2D eigenvalue weighted by atomic mass is 19.1. The Morgan fingerprint density at radius 1 is 1.15 bits per heavy atom. The van der Waals surface area contributed by atoms with E-state index in [-0.39, 0.29) is 11.8 Å². The van der Waals surface area contributed by atoms with Crippen LogP contribution in [-0.4, -0.2) is 45.0 Å². The van der Waals surface area contributed by atoms with Gasteiger partial charge in [0.05, 0.1) is 23.7 Å². The van der Waals surface area contributed by atoms with Crippen molar-refractivity contribution in [3.63, 3.8) is 0 Å². The molecule has 0 aliphatic heterocycles. The summed E-state index contributed by atoms with van der Waals surface area (Å²) in [7, 11) is 0. The van der Waals surface area contributed by atoms with Crippen LogP contribution in [0.1, 0.15) is 25.8 Å². The molecule has 3 rings (SSSR count). The normalized spacial score (nSPS) is 12.7. The third-order valence-electron chi connectivity index (χ3n) is 4.97. The summed E-state index contributed by atoms with van der Waals surface area (Å²) >= 11 is 0. The van der Waals surface area contributed by atoms with E-state index in [1.807, 2.05) is 6.07 Å². The number of fused-ring (bicyclic) bond motifs is 1. The van der Waals surface area contributed by atoms with Crippen molar-refractivity contribution in [2.45, 2.75) is 31.8 Å². The summed E-state index contributed by atoms with van der Waals surface area (Å²) in [5.74, 6) is -2.24. The van der Waals surface area contributed by atoms with Gasteiger partial charge in [-0.2, -0.15) is 0 Å². The fraction of sp³-hybridized carbons (Fsp3) is 0.261. The van der Waals surface area contributed by atoms with Gasteiger partial charge in [0, 0.05) is 0 Å². The van der Waals surface area contributed by atoms with Gasteiger partial charge in [0.1, 0.15) is 30.3 Å². The highest BCUT2D eigenvalue weighted by Gasteiger charge is 2.28. The standard InChI is InChI=1S/C23H22FN3O6/c1-2-19(22(31)26-18(11-21(29)30)20(28)12-24)27-13-25-17-9-8-15(10-16(17)23(27)32)33-14-6-4-3-5-7-14/h3-10,13,18-19H,2,11-12H2,1H3,(H,26,31)(H,29,30)/t18?,19-/m0/s1. The highest BCUT2D eigenvalue weighted by Crippen LogP contribution is 2.23. The van der Waals surface area contributed by atoms with Crippen LogP contribution in [0, 0.1) is 0 Å². The van der Waals surface area contributed by atoms with Crippen LogP contribution in [0.2, 0.25) is 0 Å². The second-order valence-electron chi connectivity index (χ2n) is 7.23. The molecule has 0 aliphatic rings. The van der Waals surface area contributed by atoms with Crippen LogP contribution in [0.15, 0.2) is 59.7 Å². The van der Waals surface area contributed by atoms with Gasteiger partial charge in [0.2, 0.25) is 5.91 Å². The van der Waals surface area contributed by atoms with Gasteiger partial charge in [0.25, 0.3) is 5.56 Å². The molecule has 1 heterocycles. The minimum Gasteiger partial charge on any atom is -0.481 e. The number of hydrogen-bond acceptors (Lipinski definition) is 6. The van der Waals surface area contributed by atoms with Crippen molar-refractivity contribution < 1.29 is 28.6 Å². The summed E-state index contributed by atoms with van der Waals surface area (Å²) in [4.78, 5) is 52.9. The van der Waals surface area contributed by atoms with E-state index in [9.17, 15) is 23.6 Å². The largest absolute Gasteiger partial charge is 0.481 e. The number of aliphatic carboxylic acids is 1. The number of halogens is 1. The van der Waals surface area contributed by atoms with Crippen molar-refractivity contribution in [1.29, 1.82) is 0 Å². The average molecular weight is 455 g/mol. The van der Waals surface area contributed by atoms with Crippen LogP contribution < -0.4 is 15.6 Å². The van der Waals surface area contributed by atoms with Crippen molar-refractivity contribution in [3.05, 3.63) is 65.2 Å². The number of nitrogens with zero attached hydrogens (tertiary/aromatic N) is 2. The fourth-order valence-corrected chi connectivity index (χ4v) is 3.31. The Labute approximate surface area is 187 Å². The summed E-state index contributed by atoms with van der Waals surface area (Å²) in [6, 6.07) is 11.1. The van der Waals surface area contributed by atoms with E-state index in [2.05, 4.69) is 10.3 Å². The molecular formula is C23H22FN3O6. The van der Waals surface area contributed by atoms with Crippen LogP contribution >= 0.6 is 0 Å². The van der Waals surface area contributed by atoms with Crippen molar-refractivity contribution in [1.82, 2.24) is 14.9 Å². The van der Waals surface area contributed by atoms with Gasteiger partial charge < -0.3 is 15.2 Å². The number of Topliss-reactive ketones (excluding diaryl/α,β-unsaturated/α-hetero) is 1. The summed E-state index contributed by atoms with van der Waals surface area (Å²) in [5.41, 5.74) is -0.129. The number of amides is 1. The van der Waals surface area contributed by atoms with Gasteiger partial charge in [-0.1, -0.05) is 25.1 Å². The van der Waals surface area contributed by atoms with E-state index >= 15 is 0 Å². The number of aromatic nitrogens is 2. The van der Waals surface area contributed by atoms with Gasteiger partial charge in [-0.3, -0.25) is 23.7 Å². The molecule has 0 saturated heterocycles. The zero-order chi connectivity index (χ0) is 24.0. The Hall–Kier alpha value is -4.08. The first-order chi connectivity index (χ1) is 15.8. The first-order valence-corrected chi connectivity index (χ1v) is 10.2. The lowest BCUT2D eigenvalue weighted by Crippen LogP contribution is -2.47. The molecule has 172 valence electrons. The number of para-hydroxylation sites is 1. The third-order valence-corrected chi connectivity index (χ3v) is 4.97. The molecular weight excluding hydrogens is 433 g/mol. The van der Waals surface area contributed by atoms with E-state index in [1.54, 1.807) is 43.3 Å². The molecule has 2 N–H and O–H groups in total. The van der Waals surface area contributed by atoms with Crippen molar-refractivity contribution >= 4 is 28.6 Å². The molecule has 1 unspecified atom stereocenters. The third kappa shape index (κ3) is 5.59. The fourth-order valence-electron chi connectivity index (χ4n) is 3.31. The van der Waals surface area contributed by atoms with Gasteiger partial charge in [-0.25, -0.2) is 9.37 Å². The van der Waals surface area contributed by atoms with Crippen LogP contribution in [0.5, 0.6) is 11.5 Å². The number of ether oxygens (including phenoxy) is 1. The molecule has 2 aromatic carbocycles. The molecule has 0 saturated carbocycles. The molecule has 0 bridgehead atoms. The van der Waals surface area contributed by atoms with E-state index in [0.717, 1.165) is 4.57 Å². The van der Waals surface area contributed by atoms with Gasteiger partial charge in [-0.15, -0.1) is 0 Å². The number of ketones is 1. The molecule has 1 aromatic heterocycles. The SMILES string of the molecule is CC[C@@H](C(=O)NC(CC(=O)O)C(=O)CF)n1cnc2ccc(Oc3ccccc3)cc2c1=O. The number of hydrogen-bond donors (Lipinski definition) is 2. The maximum Gasteiger partial charge on any atom is 0.305 e. The number of benzene rings is 2. The van der Waals surface area contributed by atoms with E-state index in [1.165, 1.54) is 12.4 Å². The average Bonchev–Trinajstić information content (AvgIpc) is 2.80. The van der Waals surface area contributed by atoms with Gasteiger partial charge >= 0.3 is 5.97 Å². The van der Waals surface area contributed by atoms with E-state index in [0.29, 0.717) is 17.0 Å².